The Morgan fingerprint density at radius 3 is 2.64 bits per heavy atom. The van der Waals surface area contributed by atoms with Crippen LogP contribution in [0.2, 0.25) is 0 Å². The number of nitrogens with zero attached hydrogens (tertiary/aromatic N) is 1. The normalized spacial score (nSPS) is 15.0. The third-order valence-corrected chi connectivity index (χ3v) is 4.96. The summed E-state index contributed by atoms with van der Waals surface area (Å²) in [6.07, 6.45) is 1.38. The summed E-state index contributed by atoms with van der Waals surface area (Å²) in [5, 5.41) is 0.973. The van der Waals surface area contributed by atoms with E-state index < -0.39 is 5.63 Å². The number of likely N-dealkylation sites (tertiary alicyclic amines) is 1. The van der Waals surface area contributed by atoms with Gasteiger partial charge in [0.1, 0.15) is 29.1 Å². The summed E-state index contributed by atoms with van der Waals surface area (Å²) >= 11 is 0. The minimum Gasteiger partial charge on any atom is -0.497 e. The zero-order valence-corrected chi connectivity index (χ0v) is 15.9. The van der Waals surface area contributed by atoms with Crippen LogP contribution in [-0.4, -0.2) is 42.1 Å². The van der Waals surface area contributed by atoms with Crippen LogP contribution < -0.4 is 15.1 Å². The summed E-state index contributed by atoms with van der Waals surface area (Å²) in [5.74, 6) is 1.76. The van der Waals surface area contributed by atoms with E-state index in [9.17, 15) is 9.59 Å². The Morgan fingerprint density at radius 1 is 1.14 bits per heavy atom. The van der Waals surface area contributed by atoms with Crippen molar-refractivity contribution in [2.24, 2.45) is 0 Å². The number of benzene rings is 1. The quantitative estimate of drug-likeness (QED) is 0.749. The van der Waals surface area contributed by atoms with Crippen molar-refractivity contribution >= 4 is 16.8 Å². The van der Waals surface area contributed by atoms with Gasteiger partial charge in [0.25, 0.3) is 5.91 Å². The molecule has 1 N–H and O–H groups in total. The van der Waals surface area contributed by atoms with E-state index >= 15 is 0 Å². The number of hydrogen-bond acceptors (Lipinski definition) is 5. The highest BCUT2D eigenvalue weighted by atomic mass is 16.5. The molecule has 146 valence electrons. The van der Waals surface area contributed by atoms with Crippen molar-refractivity contribution in [2.75, 3.05) is 20.2 Å². The van der Waals surface area contributed by atoms with E-state index in [0.29, 0.717) is 43.1 Å². The van der Waals surface area contributed by atoms with Crippen LogP contribution in [0.3, 0.4) is 0 Å². The molecule has 4 rings (SSSR count). The van der Waals surface area contributed by atoms with Crippen LogP contribution in [0.25, 0.3) is 10.9 Å². The molecule has 7 nitrogen and oxygen atoms in total. The van der Waals surface area contributed by atoms with Gasteiger partial charge in [-0.1, -0.05) is 0 Å². The van der Waals surface area contributed by atoms with E-state index in [1.807, 2.05) is 29.2 Å². The van der Waals surface area contributed by atoms with Crippen LogP contribution in [-0.2, 0) is 0 Å². The number of aromatic amines is 1. The molecule has 0 radical (unpaired) electrons. The fourth-order valence-electron chi connectivity index (χ4n) is 3.53. The number of rotatable bonds is 4. The molecule has 1 aliphatic heterocycles. The van der Waals surface area contributed by atoms with E-state index in [4.69, 9.17) is 13.9 Å². The van der Waals surface area contributed by atoms with Crippen LogP contribution >= 0.6 is 0 Å². The molecule has 3 heterocycles. The third kappa shape index (κ3) is 3.74. The zero-order valence-electron chi connectivity index (χ0n) is 15.9. The van der Waals surface area contributed by atoms with Gasteiger partial charge in [0, 0.05) is 49.0 Å². The van der Waals surface area contributed by atoms with E-state index in [-0.39, 0.29) is 12.0 Å². The minimum atomic E-state index is -0.418. The van der Waals surface area contributed by atoms with E-state index in [1.165, 1.54) is 6.07 Å². The van der Waals surface area contributed by atoms with Crippen LogP contribution in [0.5, 0.6) is 11.5 Å². The molecule has 28 heavy (non-hydrogen) atoms. The molecule has 0 aliphatic carbocycles. The number of carbonyl (C=O) groups is 1. The van der Waals surface area contributed by atoms with Gasteiger partial charge in [-0.25, -0.2) is 4.79 Å². The first-order valence-electron chi connectivity index (χ1n) is 9.26. The monoisotopic (exact) mass is 382 g/mol. The first-order chi connectivity index (χ1) is 13.5. The molecule has 0 spiro atoms. The largest absolute Gasteiger partial charge is 0.497 e. The van der Waals surface area contributed by atoms with Gasteiger partial charge in [-0.2, -0.15) is 0 Å². The molecule has 0 saturated carbocycles. The number of carbonyl (C=O) groups excluding carboxylic acids is 1. The first kappa shape index (κ1) is 18.2. The Labute approximate surface area is 161 Å². The van der Waals surface area contributed by atoms with Crippen LogP contribution in [0.1, 0.15) is 29.1 Å². The van der Waals surface area contributed by atoms with Crippen LogP contribution in [0.4, 0.5) is 0 Å². The number of amides is 1. The van der Waals surface area contributed by atoms with Gasteiger partial charge in [0.05, 0.1) is 13.2 Å². The number of nitrogens with one attached hydrogen (secondary N) is 1. The Bertz CT molecular complexity index is 1060. The summed E-state index contributed by atoms with van der Waals surface area (Å²) in [4.78, 5) is 29.3. The lowest BCUT2D eigenvalue weighted by atomic mass is 10.1. The average molecular weight is 382 g/mol. The summed E-state index contributed by atoms with van der Waals surface area (Å²) in [5.41, 5.74) is 1.02. The zero-order chi connectivity index (χ0) is 19.7. The Morgan fingerprint density at radius 2 is 1.93 bits per heavy atom. The van der Waals surface area contributed by atoms with E-state index in [0.717, 1.165) is 16.7 Å². The van der Waals surface area contributed by atoms with Gasteiger partial charge in [0.2, 0.25) is 0 Å². The number of methoxy groups -OCH3 is 1. The molecule has 1 fully saturated rings. The topological polar surface area (TPSA) is 84.8 Å². The molecule has 1 amide bonds. The van der Waals surface area contributed by atoms with Crippen molar-refractivity contribution in [3.8, 4) is 11.5 Å². The highest BCUT2D eigenvalue weighted by Gasteiger charge is 2.26. The van der Waals surface area contributed by atoms with Crippen molar-refractivity contribution in [3.05, 3.63) is 58.3 Å². The maximum absolute atomic E-state index is 12.8. The van der Waals surface area contributed by atoms with Crippen molar-refractivity contribution in [1.29, 1.82) is 0 Å². The molecule has 0 bridgehead atoms. The number of piperidine rings is 1. The third-order valence-electron chi connectivity index (χ3n) is 4.96. The molecule has 2 aromatic heterocycles. The lowest BCUT2D eigenvalue weighted by Crippen LogP contribution is -2.42. The fraction of sp³-hybridized carbons (Fsp3) is 0.333. The Hall–Kier alpha value is -3.22. The molecule has 0 unspecified atom stereocenters. The molecule has 7 heteroatoms. The molecule has 1 aliphatic rings. The molecule has 3 aromatic rings. The maximum atomic E-state index is 12.8. The van der Waals surface area contributed by atoms with Crippen molar-refractivity contribution < 1.29 is 18.7 Å². The Balaban J connectivity index is 1.40. The standard InChI is InChI=1S/C21H22N2O5/c1-13-9-17(12-20(24)27-13)28-15-5-7-23(8-6-15)21(25)19-10-14-3-4-16(26-2)11-18(14)22-19/h3-4,9-12,15,22H,5-8H2,1-2H3. The smallest absolute Gasteiger partial charge is 0.339 e. The SMILES string of the molecule is COc1ccc2cc(C(=O)N3CCC(Oc4cc(C)oc(=O)c4)CC3)[nH]c2c1. The number of fused-ring (bicyclic) bond motifs is 1. The predicted molar refractivity (Wildman–Crippen MR) is 104 cm³/mol. The highest BCUT2D eigenvalue weighted by Crippen LogP contribution is 2.24. The van der Waals surface area contributed by atoms with Crippen LogP contribution in [0.15, 0.2) is 45.6 Å². The van der Waals surface area contributed by atoms with Crippen LogP contribution in [0, 0.1) is 6.92 Å². The van der Waals surface area contributed by atoms with Crippen molar-refractivity contribution in [1.82, 2.24) is 9.88 Å². The highest BCUT2D eigenvalue weighted by molar-refractivity contribution is 5.98. The van der Waals surface area contributed by atoms with Gasteiger partial charge < -0.3 is 23.8 Å². The van der Waals surface area contributed by atoms with Gasteiger partial charge in [-0.3, -0.25) is 4.79 Å². The second kappa shape index (κ2) is 7.42. The Kier molecular flexibility index (Phi) is 4.81. The molecular formula is C21H22N2O5. The van der Waals surface area contributed by atoms with Gasteiger partial charge in [-0.05, 0) is 25.1 Å². The van der Waals surface area contributed by atoms with Crippen molar-refractivity contribution in [3.63, 3.8) is 0 Å². The van der Waals surface area contributed by atoms with E-state index in [2.05, 4.69) is 4.98 Å². The van der Waals surface area contributed by atoms with Gasteiger partial charge in [0.15, 0.2) is 0 Å². The number of hydrogen-bond donors (Lipinski definition) is 1. The second-order valence-corrected chi connectivity index (χ2v) is 6.97. The second-order valence-electron chi connectivity index (χ2n) is 6.97. The molecule has 1 aromatic carbocycles. The lowest BCUT2D eigenvalue weighted by molar-refractivity contribution is 0.0590. The number of H-pyrrole nitrogens is 1. The van der Waals surface area contributed by atoms with Gasteiger partial charge in [-0.15, -0.1) is 0 Å². The van der Waals surface area contributed by atoms with Gasteiger partial charge >= 0.3 is 5.63 Å². The predicted octanol–water partition coefficient (Wildman–Crippen LogP) is 3.12. The molecule has 1 saturated heterocycles. The average Bonchev–Trinajstić information content (AvgIpc) is 3.10. The molecule has 0 atom stereocenters. The maximum Gasteiger partial charge on any atom is 0.339 e. The summed E-state index contributed by atoms with van der Waals surface area (Å²) in [6, 6.07) is 10.6. The van der Waals surface area contributed by atoms with Crippen molar-refractivity contribution in [2.45, 2.75) is 25.9 Å². The summed E-state index contributed by atoms with van der Waals surface area (Å²) in [6.45, 7) is 2.91. The summed E-state index contributed by atoms with van der Waals surface area (Å²) in [7, 11) is 1.62. The minimum absolute atomic E-state index is 0.0233. The summed E-state index contributed by atoms with van der Waals surface area (Å²) < 4.78 is 16.1. The first-order valence-corrected chi connectivity index (χ1v) is 9.26. The fourth-order valence-corrected chi connectivity index (χ4v) is 3.53. The van der Waals surface area contributed by atoms with E-state index in [1.54, 1.807) is 20.1 Å². The number of aryl methyl sites for hydroxylation is 1. The lowest BCUT2D eigenvalue weighted by Gasteiger charge is -2.31. The molecular weight excluding hydrogens is 360 g/mol. The number of aromatic nitrogens is 1. The number of ether oxygens (including phenoxy) is 2.